The first kappa shape index (κ1) is 21.2. The molecule has 0 bridgehead atoms. The topological polar surface area (TPSA) is 97.4 Å². The van der Waals surface area contributed by atoms with Crippen LogP contribution in [0.4, 0.5) is 4.79 Å². The summed E-state index contributed by atoms with van der Waals surface area (Å²) in [6, 6.07) is 20.8. The Morgan fingerprint density at radius 3 is 2.43 bits per heavy atom. The maximum absolute atomic E-state index is 13.9. The fraction of sp³-hybridized carbons (Fsp3) is 0.179. The second-order valence-electron chi connectivity index (χ2n) is 9.11. The lowest BCUT2D eigenvalue weighted by Gasteiger charge is -2.42. The molecule has 2 heterocycles. The van der Waals surface area contributed by atoms with Crippen LogP contribution in [0.25, 0.3) is 44.5 Å². The fourth-order valence-electron chi connectivity index (χ4n) is 5.12. The molecular formula is C28H23N3O4. The molecule has 0 saturated heterocycles. The minimum atomic E-state index is -1.03. The van der Waals surface area contributed by atoms with Crippen LogP contribution in [-0.2, 0) is 12.6 Å². The monoisotopic (exact) mass is 465 g/mol. The highest BCUT2D eigenvalue weighted by Crippen LogP contribution is 2.42. The van der Waals surface area contributed by atoms with Crippen LogP contribution in [-0.4, -0.2) is 20.8 Å². The van der Waals surface area contributed by atoms with E-state index in [9.17, 15) is 14.7 Å². The van der Waals surface area contributed by atoms with Gasteiger partial charge in [0, 0.05) is 12.6 Å². The molecule has 1 fully saturated rings. The quantitative estimate of drug-likeness (QED) is 0.357. The second-order valence-corrected chi connectivity index (χ2v) is 9.11. The molecular weight excluding hydrogens is 442 g/mol. The van der Waals surface area contributed by atoms with Gasteiger partial charge in [-0.3, -0.25) is 4.79 Å². The second kappa shape index (κ2) is 7.84. The molecule has 174 valence electrons. The van der Waals surface area contributed by atoms with Crippen molar-refractivity contribution in [3.63, 3.8) is 0 Å². The Balaban J connectivity index is 1.58. The van der Waals surface area contributed by atoms with E-state index in [4.69, 9.17) is 4.42 Å². The highest BCUT2D eigenvalue weighted by molar-refractivity contribution is 6.03. The van der Waals surface area contributed by atoms with E-state index in [1.54, 1.807) is 12.4 Å². The Bertz CT molecular complexity index is 1650. The number of nitrogens with zero attached hydrogens (tertiary/aromatic N) is 2. The van der Waals surface area contributed by atoms with E-state index < -0.39 is 11.6 Å². The van der Waals surface area contributed by atoms with Crippen LogP contribution in [0.5, 0.6) is 0 Å². The van der Waals surface area contributed by atoms with Crippen molar-refractivity contribution < 1.29 is 14.3 Å². The molecule has 2 N–H and O–H groups in total. The molecule has 6 rings (SSSR count). The maximum Gasteiger partial charge on any atom is 0.405 e. The number of amides is 1. The van der Waals surface area contributed by atoms with Gasteiger partial charge in [-0.1, -0.05) is 54.6 Å². The smallest absolute Gasteiger partial charge is 0.405 e. The number of fused-ring (bicyclic) bond motifs is 3. The average Bonchev–Trinajstić information content (AvgIpc) is 3.23. The van der Waals surface area contributed by atoms with Crippen molar-refractivity contribution in [1.29, 1.82) is 0 Å². The van der Waals surface area contributed by atoms with E-state index in [-0.39, 0.29) is 5.43 Å². The molecule has 3 aromatic carbocycles. The summed E-state index contributed by atoms with van der Waals surface area (Å²) in [6.07, 6.45) is 3.16. The molecule has 1 aliphatic rings. The van der Waals surface area contributed by atoms with E-state index in [1.807, 2.05) is 72.3 Å². The number of aryl methyl sites for hydroxylation is 1. The van der Waals surface area contributed by atoms with Crippen molar-refractivity contribution >= 4 is 28.1 Å². The van der Waals surface area contributed by atoms with Crippen LogP contribution in [0.3, 0.4) is 0 Å². The molecule has 0 aliphatic heterocycles. The Hall–Kier alpha value is -4.39. The van der Waals surface area contributed by atoms with Crippen LogP contribution >= 0.6 is 0 Å². The zero-order valence-electron chi connectivity index (χ0n) is 19.1. The molecule has 5 aromatic rings. The molecule has 35 heavy (non-hydrogen) atoms. The van der Waals surface area contributed by atoms with Crippen molar-refractivity contribution in [1.82, 2.24) is 14.9 Å². The summed E-state index contributed by atoms with van der Waals surface area (Å²) in [4.78, 5) is 29.7. The first-order valence-corrected chi connectivity index (χ1v) is 11.6. The standard InChI is InChI=1S/C28H23N3O4/c1-31-16-29-21-13-12-20-24(32)22(25(35-26(20)23(21)31)18-6-3-2-4-7-18)17-8-10-19(11-9-17)28(14-5-15-28)30-27(33)34/h2-4,6-13,16,30H,5,14-15H2,1H3,(H,33,34). The summed E-state index contributed by atoms with van der Waals surface area (Å²) >= 11 is 0. The molecule has 0 unspecified atom stereocenters. The predicted molar refractivity (Wildman–Crippen MR) is 134 cm³/mol. The lowest BCUT2D eigenvalue weighted by Crippen LogP contribution is -2.50. The average molecular weight is 466 g/mol. The van der Waals surface area contributed by atoms with E-state index in [2.05, 4.69) is 10.3 Å². The number of rotatable bonds is 4. The largest absolute Gasteiger partial charge is 0.465 e. The van der Waals surface area contributed by atoms with Gasteiger partial charge in [-0.25, -0.2) is 9.78 Å². The summed E-state index contributed by atoms with van der Waals surface area (Å²) in [5.41, 5.74) is 4.25. The number of hydrogen-bond donors (Lipinski definition) is 2. The van der Waals surface area contributed by atoms with Crippen LogP contribution in [0.15, 0.2) is 82.3 Å². The van der Waals surface area contributed by atoms with E-state index in [1.165, 1.54) is 0 Å². The molecule has 0 spiro atoms. The summed E-state index contributed by atoms with van der Waals surface area (Å²) in [6.45, 7) is 0. The normalized spacial score (nSPS) is 14.7. The third kappa shape index (κ3) is 3.31. The van der Waals surface area contributed by atoms with E-state index in [0.29, 0.717) is 22.3 Å². The molecule has 1 saturated carbocycles. The van der Waals surface area contributed by atoms with Gasteiger partial charge < -0.3 is 19.4 Å². The lowest BCUT2D eigenvalue weighted by molar-refractivity contribution is 0.144. The lowest BCUT2D eigenvalue weighted by atomic mass is 9.71. The highest BCUT2D eigenvalue weighted by atomic mass is 16.4. The first-order valence-electron chi connectivity index (χ1n) is 11.6. The molecule has 2 aromatic heterocycles. The molecule has 1 amide bonds. The van der Waals surface area contributed by atoms with Gasteiger partial charge in [0.15, 0.2) is 5.58 Å². The van der Waals surface area contributed by atoms with Crippen LogP contribution in [0.1, 0.15) is 24.8 Å². The van der Waals surface area contributed by atoms with Crippen molar-refractivity contribution in [3.8, 4) is 22.5 Å². The van der Waals surface area contributed by atoms with Crippen molar-refractivity contribution in [2.45, 2.75) is 24.8 Å². The van der Waals surface area contributed by atoms with Crippen LogP contribution < -0.4 is 10.7 Å². The number of benzene rings is 3. The number of hydrogen-bond acceptors (Lipinski definition) is 4. The molecule has 0 radical (unpaired) electrons. The Kier molecular flexibility index (Phi) is 4.74. The predicted octanol–water partition coefficient (Wildman–Crippen LogP) is 5.66. The van der Waals surface area contributed by atoms with Gasteiger partial charge >= 0.3 is 6.09 Å². The van der Waals surface area contributed by atoms with Gasteiger partial charge in [0.05, 0.1) is 28.3 Å². The third-order valence-corrected chi connectivity index (χ3v) is 7.05. The first-order chi connectivity index (χ1) is 17.0. The summed E-state index contributed by atoms with van der Waals surface area (Å²) in [5, 5.41) is 12.5. The maximum atomic E-state index is 13.9. The Morgan fingerprint density at radius 2 is 1.77 bits per heavy atom. The van der Waals surface area contributed by atoms with Crippen LogP contribution in [0.2, 0.25) is 0 Å². The molecule has 7 heteroatoms. The number of carbonyl (C=O) groups is 1. The fourth-order valence-corrected chi connectivity index (χ4v) is 5.12. The van der Waals surface area contributed by atoms with Gasteiger partial charge in [-0.2, -0.15) is 0 Å². The molecule has 7 nitrogen and oxygen atoms in total. The summed E-state index contributed by atoms with van der Waals surface area (Å²) in [5.74, 6) is 0.492. The zero-order chi connectivity index (χ0) is 24.2. The van der Waals surface area contributed by atoms with Crippen LogP contribution in [0, 0.1) is 0 Å². The highest BCUT2D eigenvalue weighted by Gasteiger charge is 2.40. The van der Waals surface area contributed by atoms with Gasteiger partial charge in [0.1, 0.15) is 11.3 Å². The number of carboxylic acid groups (broad SMARTS) is 1. The summed E-state index contributed by atoms with van der Waals surface area (Å²) in [7, 11) is 1.88. The number of imidazole rings is 1. The minimum absolute atomic E-state index is 0.122. The molecule has 1 aliphatic carbocycles. The van der Waals surface area contributed by atoms with Gasteiger partial charge in [-0.05, 0) is 42.5 Å². The molecule has 0 atom stereocenters. The van der Waals surface area contributed by atoms with E-state index in [0.717, 1.165) is 47.0 Å². The SMILES string of the molecule is Cn1cnc2ccc3c(=O)c(-c4ccc(C5(NC(=O)O)CCC5)cc4)c(-c4ccccc4)oc3c21. The zero-order valence-corrected chi connectivity index (χ0v) is 19.1. The minimum Gasteiger partial charge on any atom is -0.465 e. The van der Waals surface area contributed by atoms with Crippen molar-refractivity contribution in [3.05, 3.63) is 88.8 Å². The summed E-state index contributed by atoms with van der Waals surface area (Å²) < 4.78 is 8.36. The van der Waals surface area contributed by atoms with E-state index >= 15 is 0 Å². The van der Waals surface area contributed by atoms with Gasteiger partial charge in [-0.15, -0.1) is 0 Å². The Morgan fingerprint density at radius 1 is 1.03 bits per heavy atom. The van der Waals surface area contributed by atoms with Crippen molar-refractivity contribution in [2.24, 2.45) is 7.05 Å². The Labute approximate surface area is 200 Å². The third-order valence-electron chi connectivity index (χ3n) is 7.05. The van der Waals surface area contributed by atoms with Gasteiger partial charge in [0.25, 0.3) is 0 Å². The van der Waals surface area contributed by atoms with Gasteiger partial charge in [0.2, 0.25) is 5.43 Å². The number of nitrogens with one attached hydrogen (secondary N) is 1. The number of aromatic nitrogens is 2. The van der Waals surface area contributed by atoms with Crippen molar-refractivity contribution in [2.75, 3.05) is 0 Å².